The molecule has 0 radical (unpaired) electrons. The first kappa shape index (κ1) is 20.4. The Balaban J connectivity index is 1.44. The van der Waals surface area contributed by atoms with E-state index in [0.29, 0.717) is 17.2 Å². The first-order chi connectivity index (χ1) is 14.7. The van der Waals surface area contributed by atoms with Gasteiger partial charge in [-0.15, -0.1) is 11.3 Å². The van der Waals surface area contributed by atoms with E-state index in [1.807, 2.05) is 52.7 Å². The van der Waals surface area contributed by atoms with Crippen molar-refractivity contribution in [2.75, 3.05) is 13.1 Å². The lowest BCUT2D eigenvalue weighted by Crippen LogP contribution is -2.51. The molecule has 3 aromatic rings. The zero-order valence-electron chi connectivity index (χ0n) is 16.9. The lowest BCUT2D eigenvalue weighted by molar-refractivity contribution is -0.134. The Bertz CT molecular complexity index is 949. The van der Waals surface area contributed by atoms with E-state index < -0.39 is 6.04 Å². The normalized spacial score (nSPS) is 15.5. The highest BCUT2D eigenvalue weighted by molar-refractivity contribution is 7.12. The summed E-state index contributed by atoms with van der Waals surface area (Å²) in [5.41, 5.74) is 2.39. The van der Waals surface area contributed by atoms with Crippen LogP contribution in [0, 0.1) is 0 Å². The summed E-state index contributed by atoms with van der Waals surface area (Å²) in [6.07, 6.45) is 2.40. The average Bonchev–Trinajstić information content (AvgIpc) is 3.35. The number of rotatable bonds is 6. The van der Waals surface area contributed by atoms with Crippen molar-refractivity contribution in [2.45, 2.75) is 31.2 Å². The number of piperidine rings is 1. The van der Waals surface area contributed by atoms with E-state index in [2.05, 4.69) is 29.6 Å². The average molecular weight is 419 g/mol. The molecule has 2 aromatic carbocycles. The predicted molar refractivity (Wildman–Crippen MR) is 121 cm³/mol. The van der Waals surface area contributed by atoms with Gasteiger partial charge in [-0.25, -0.2) is 0 Å². The molecule has 0 aliphatic carbocycles. The van der Waals surface area contributed by atoms with Crippen molar-refractivity contribution < 1.29 is 9.59 Å². The van der Waals surface area contributed by atoms with E-state index >= 15 is 0 Å². The minimum atomic E-state index is -0.560. The highest BCUT2D eigenvalue weighted by atomic mass is 32.1. The van der Waals surface area contributed by atoms with Gasteiger partial charge in [0, 0.05) is 19.5 Å². The maximum atomic E-state index is 13.4. The summed E-state index contributed by atoms with van der Waals surface area (Å²) in [7, 11) is 0. The number of nitrogens with zero attached hydrogens (tertiary/aromatic N) is 1. The van der Waals surface area contributed by atoms with E-state index in [9.17, 15) is 9.59 Å². The molecule has 2 amide bonds. The van der Waals surface area contributed by atoms with Crippen LogP contribution in [0.2, 0.25) is 0 Å². The molecule has 4 nitrogen and oxygen atoms in total. The Labute approximate surface area is 181 Å². The molecule has 0 saturated carbocycles. The van der Waals surface area contributed by atoms with Crippen LogP contribution in [0.1, 0.15) is 39.6 Å². The first-order valence-corrected chi connectivity index (χ1v) is 11.3. The molecule has 0 bridgehead atoms. The van der Waals surface area contributed by atoms with Crippen LogP contribution in [0.5, 0.6) is 0 Å². The first-order valence-electron chi connectivity index (χ1n) is 10.4. The van der Waals surface area contributed by atoms with Crippen molar-refractivity contribution in [2.24, 2.45) is 0 Å². The molecule has 1 saturated heterocycles. The fourth-order valence-corrected chi connectivity index (χ4v) is 4.69. The fourth-order valence-electron chi connectivity index (χ4n) is 4.07. The molecule has 4 rings (SSSR count). The van der Waals surface area contributed by atoms with Crippen LogP contribution in [-0.4, -0.2) is 35.8 Å². The topological polar surface area (TPSA) is 49.4 Å². The Kier molecular flexibility index (Phi) is 6.60. The van der Waals surface area contributed by atoms with Crippen molar-refractivity contribution in [3.8, 4) is 0 Å². The van der Waals surface area contributed by atoms with Gasteiger partial charge in [0.1, 0.15) is 6.04 Å². The van der Waals surface area contributed by atoms with E-state index in [-0.39, 0.29) is 11.8 Å². The minimum Gasteiger partial charge on any atom is -0.341 e. The Hall–Kier alpha value is -2.92. The van der Waals surface area contributed by atoms with E-state index in [1.165, 1.54) is 16.9 Å². The molecule has 1 N–H and O–H groups in total. The van der Waals surface area contributed by atoms with Gasteiger partial charge >= 0.3 is 0 Å². The molecule has 1 aliphatic rings. The number of hydrogen-bond donors (Lipinski definition) is 1. The van der Waals surface area contributed by atoms with Crippen molar-refractivity contribution in [1.29, 1.82) is 0 Å². The van der Waals surface area contributed by atoms with Gasteiger partial charge in [0.2, 0.25) is 5.91 Å². The van der Waals surface area contributed by atoms with Gasteiger partial charge in [0.05, 0.1) is 4.88 Å². The maximum Gasteiger partial charge on any atom is 0.262 e. The number of benzene rings is 2. The highest BCUT2D eigenvalue weighted by Crippen LogP contribution is 2.28. The molecule has 1 aromatic heterocycles. The number of likely N-dealkylation sites (tertiary alicyclic amines) is 1. The second-order valence-electron chi connectivity index (χ2n) is 7.70. The summed E-state index contributed by atoms with van der Waals surface area (Å²) in [5, 5.41) is 4.86. The van der Waals surface area contributed by atoms with Gasteiger partial charge in [-0.05, 0) is 41.3 Å². The van der Waals surface area contributed by atoms with Crippen molar-refractivity contribution >= 4 is 23.2 Å². The number of carbonyl (C=O) groups is 2. The summed E-state index contributed by atoms with van der Waals surface area (Å²) < 4.78 is 0. The molecular formula is C25H26N2O2S. The van der Waals surface area contributed by atoms with Crippen molar-refractivity contribution in [3.05, 3.63) is 94.2 Å². The lowest BCUT2D eigenvalue weighted by atomic mass is 9.89. The van der Waals surface area contributed by atoms with Crippen LogP contribution in [0.3, 0.4) is 0 Å². The van der Waals surface area contributed by atoms with Gasteiger partial charge in [0.15, 0.2) is 0 Å². The van der Waals surface area contributed by atoms with Gasteiger partial charge in [-0.2, -0.15) is 0 Å². The van der Waals surface area contributed by atoms with E-state index in [4.69, 9.17) is 0 Å². The van der Waals surface area contributed by atoms with Crippen LogP contribution in [0.25, 0.3) is 0 Å². The lowest BCUT2D eigenvalue weighted by Gasteiger charge is -2.34. The third-order valence-electron chi connectivity index (χ3n) is 5.71. The molecule has 0 spiro atoms. The third kappa shape index (κ3) is 4.97. The minimum absolute atomic E-state index is 0.00951. The largest absolute Gasteiger partial charge is 0.341 e. The standard InChI is InChI=1S/C25H26N2O2S/c28-24(23-12-7-17-30-23)26-22(18-19-8-3-1-4-9-19)25(29)27-15-13-21(14-16-27)20-10-5-2-6-11-20/h1-12,17,21-22H,13-16,18H2,(H,26,28). The van der Waals surface area contributed by atoms with Crippen LogP contribution < -0.4 is 5.32 Å². The Morgan fingerprint density at radius 2 is 1.60 bits per heavy atom. The van der Waals surface area contributed by atoms with Gasteiger partial charge in [-0.1, -0.05) is 66.7 Å². The molecule has 1 atom stereocenters. The Morgan fingerprint density at radius 1 is 0.933 bits per heavy atom. The summed E-state index contributed by atoms with van der Waals surface area (Å²) in [4.78, 5) is 28.6. The van der Waals surface area contributed by atoms with Crippen molar-refractivity contribution in [3.63, 3.8) is 0 Å². The zero-order valence-corrected chi connectivity index (χ0v) is 17.7. The van der Waals surface area contributed by atoms with Crippen LogP contribution in [0.15, 0.2) is 78.2 Å². The highest BCUT2D eigenvalue weighted by Gasteiger charge is 2.30. The number of nitrogens with one attached hydrogen (secondary N) is 1. The summed E-state index contributed by atoms with van der Waals surface area (Å²) in [6, 6.07) is 23.5. The molecule has 30 heavy (non-hydrogen) atoms. The zero-order chi connectivity index (χ0) is 20.8. The molecule has 154 valence electrons. The molecule has 5 heteroatoms. The summed E-state index contributed by atoms with van der Waals surface area (Å²) in [6.45, 7) is 1.44. The quantitative estimate of drug-likeness (QED) is 0.641. The monoisotopic (exact) mass is 418 g/mol. The fraction of sp³-hybridized carbons (Fsp3) is 0.280. The van der Waals surface area contributed by atoms with Crippen LogP contribution in [-0.2, 0) is 11.2 Å². The maximum absolute atomic E-state index is 13.4. The predicted octanol–water partition coefficient (Wildman–Crippen LogP) is 4.50. The molecule has 1 aliphatic heterocycles. The van der Waals surface area contributed by atoms with Crippen LogP contribution in [0.4, 0.5) is 0 Å². The van der Waals surface area contributed by atoms with Crippen molar-refractivity contribution in [1.82, 2.24) is 10.2 Å². The van der Waals surface area contributed by atoms with Gasteiger partial charge in [0.25, 0.3) is 5.91 Å². The smallest absolute Gasteiger partial charge is 0.262 e. The van der Waals surface area contributed by atoms with Gasteiger partial charge < -0.3 is 10.2 Å². The van der Waals surface area contributed by atoms with Gasteiger partial charge in [-0.3, -0.25) is 9.59 Å². The third-order valence-corrected chi connectivity index (χ3v) is 6.58. The number of hydrogen-bond acceptors (Lipinski definition) is 3. The van der Waals surface area contributed by atoms with Crippen LogP contribution >= 0.6 is 11.3 Å². The second kappa shape index (κ2) is 9.72. The van der Waals surface area contributed by atoms with E-state index in [1.54, 1.807) is 6.07 Å². The summed E-state index contributed by atoms with van der Waals surface area (Å²) >= 11 is 1.39. The summed E-state index contributed by atoms with van der Waals surface area (Å²) in [5.74, 6) is 0.317. The molecule has 1 fully saturated rings. The molecule has 1 unspecified atom stereocenters. The van der Waals surface area contributed by atoms with E-state index in [0.717, 1.165) is 31.5 Å². The second-order valence-corrected chi connectivity index (χ2v) is 8.65. The molecular weight excluding hydrogens is 392 g/mol. The number of thiophene rings is 1. The Morgan fingerprint density at radius 3 is 2.23 bits per heavy atom. The molecule has 2 heterocycles. The number of amides is 2. The SMILES string of the molecule is O=C(NC(Cc1ccccc1)C(=O)N1CCC(c2ccccc2)CC1)c1cccs1. The number of carbonyl (C=O) groups excluding carboxylic acids is 2.